The Hall–Kier alpha value is -0.650. The minimum absolute atomic E-state index is 0.509. The van der Waals surface area contributed by atoms with Gasteiger partial charge in [-0.15, -0.1) is 0 Å². The Morgan fingerprint density at radius 1 is 1.54 bits per heavy atom. The fraction of sp³-hybridized carbons (Fsp3) is 0.875. The van der Waals surface area contributed by atoms with E-state index in [4.69, 9.17) is 15.6 Å². The number of carboxylic acid groups (broad SMARTS) is 1. The molecule has 0 aliphatic carbocycles. The van der Waals surface area contributed by atoms with E-state index in [9.17, 15) is 4.79 Å². The molecule has 0 aromatic carbocycles. The quantitative estimate of drug-likeness (QED) is 0.599. The van der Waals surface area contributed by atoms with Crippen molar-refractivity contribution in [3.63, 3.8) is 0 Å². The fourth-order valence-corrected chi connectivity index (χ4v) is 1.27. The number of nitrogens with two attached hydrogens (primary N) is 1. The second-order valence-electron chi connectivity index (χ2n) is 3.19. The molecule has 1 aliphatic heterocycles. The summed E-state index contributed by atoms with van der Waals surface area (Å²) in [5.41, 5.74) is 5.38. The summed E-state index contributed by atoms with van der Waals surface area (Å²) in [5.74, 6) is -0.923. The van der Waals surface area contributed by atoms with Gasteiger partial charge < -0.3 is 15.6 Å². The molecule has 0 radical (unpaired) electrons. The summed E-state index contributed by atoms with van der Waals surface area (Å²) in [7, 11) is 0. The van der Waals surface area contributed by atoms with Gasteiger partial charge in [0.2, 0.25) is 0 Å². The zero-order valence-electron chi connectivity index (χ0n) is 7.61. The topological polar surface area (TPSA) is 75.8 Å². The molecule has 1 fully saturated rings. The van der Waals surface area contributed by atoms with Crippen molar-refractivity contribution < 1.29 is 14.6 Å². The lowest BCUT2D eigenvalue weighted by atomic mass is 10.2. The van der Waals surface area contributed by atoms with E-state index < -0.39 is 12.0 Å². The highest BCUT2D eigenvalue weighted by molar-refractivity contribution is 5.72. The zero-order chi connectivity index (χ0) is 9.68. The van der Waals surface area contributed by atoms with Crippen LogP contribution in [0.3, 0.4) is 0 Å². The molecule has 0 aromatic heterocycles. The van der Waals surface area contributed by atoms with Crippen molar-refractivity contribution in [1.82, 2.24) is 4.90 Å². The van der Waals surface area contributed by atoms with Crippen LogP contribution in [0.2, 0.25) is 0 Å². The number of morpholine rings is 1. The van der Waals surface area contributed by atoms with Crippen molar-refractivity contribution in [2.24, 2.45) is 5.73 Å². The van der Waals surface area contributed by atoms with Gasteiger partial charge in [0.05, 0.1) is 13.2 Å². The molecule has 0 spiro atoms. The van der Waals surface area contributed by atoms with Crippen LogP contribution in [0.5, 0.6) is 0 Å². The first kappa shape index (κ1) is 10.4. The first-order valence-corrected chi connectivity index (χ1v) is 4.48. The molecule has 1 saturated heterocycles. The Bertz CT molecular complexity index is 169. The van der Waals surface area contributed by atoms with Crippen LogP contribution in [0, 0.1) is 0 Å². The Balaban J connectivity index is 2.13. The lowest BCUT2D eigenvalue weighted by Gasteiger charge is -2.26. The van der Waals surface area contributed by atoms with E-state index in [1.165, 1.54) is 0 Å². The van der Waals surface area contributed by atoms with Gasteiger partial charge in [0.1, 0.15) is 6.04 Å². The van der Waals surface area contributed by atoms with Crippen LogP contribution in [0.25, 0.3) is 0 Å². The standard InChI is InChI=1S/C8H16N2O3/c9-7(8(11)12)1-2-10-3-5-13-6-4-10/h7H,1-6,9H2,(H,11,12). The molecule has 1 aliphatic rings. The van der Waals surface area contributed by atoms with E-state index in [2.05, 4.69) is 4.90 Å². The number of hydrogen-bond acceptors (Lipinski definition) is 4. The van der Waals surface area contributed by atoms with E-state index >= 15 is 0 Å². The van der Waals surface area contributed by atoms with Crippen LogP contribution in [0.1, 0.15) is 6.42 Å². The molecule has 13 heavy (non-hydrogen) atoms. The molecule has 0 aromatic rings. The number of aliphatic carboxylic acids is 1. The molecule has 1 atom stereocenters. The van der Waals surface area contributed by atoms with Crippen LogP contribution < -0.4 is 5.73 Å². The van der Waals surface area contributed by atoms with E-state index in [0.717, 1.165) is 32.8 Å². The largest absolute Gasteiger partial charge is 0.480 e. The lowest BCUT2D eigenvalue weighted by molar-refractivity contribution is -0.138. The summed E-state index contributed by atoms with van der Waals surface area (Å²) in [6, 6.07) is -0.733. The number of nitrogens with zero attached hydrogens (tertiary/aromatic N) is 1. The van der Waals surface area contributed by atoms with Crippen LogP contribution in [0.15, 0.2) is 0 Å². The highest BCUT2D eigenvalue weighted by Gasteiger charge is 2.15. The number of carbonyl (C=O) groups is 1. The van der Waals surface area contributed by atoms with Gasteiger partial charge in [0.15, 0.2) is 0 Å². The third kappa shape index (κ3) is 3.71. The average Bonchev–Trinajstić information content (AvgIpc) is 2.15. The first-order valence-electron chi connectivity index (χ1n) is 4.48. The van der Waals surface area contributed by atoms with Crippen molar-refractivity contribution >= 4 is 5.97 Å². The number of carboxylic acids is 1. The third-order valence-electron chi connectivity index (χ3n) is 2.18. The van der Waals surface area contributed by atoms with Gasteiger partial charge in [0, 0.05) is 19.6 Å². The van der Waals surface area contributed by atoms with Crippen molar-refractivity contribution in [1.29, 1.82) is 0 Å². The maximum atomic E-state index is 10.4. The first-order chi connectivity index (χ1) is 6.20. The molecule has 76 valence electrons. The maximum Gasteiger partial charge on any atom is 0.320 e. The Kier molecular flexibility index (Phi) is 4.14. The molecular formula is C8H16N2O3. The second kappa shape index (κ2) is 5.16. The van der Waals surface area contributed by atoms with Gasteiger partial charge in [-0.2, -0.15) is 0 Å². The molecule has 3 N–H and O–H groups in total. The van der Waals surface area contributed by atoms with Crippen LogP contribution in [-0.2, 0) is 9.53 Å². The highest BCUT2D eigenvalue weighted by atomic mass is 16.5. The number of ether oxygens (including phenoxy) is 1. The van der Waals surface area contributed by atoms with Gasteiger partial charge in [-0.05, 0) is 6.42 Å². The molecule has 1 unspecified atom stereocenters. The average molecular weight is 188 g/mol. The van der Waals surface area contributed by atoms with Gasteiger partial charge in [-0.25, -0.2) is 0 Å². The van der Waals surface area contributed by atoms with Crippen molar-refractivity contribution in [3.05, 3.63) is 0 Å². The predicted molar refractivity (Wildman–Crippen MR) is 47.5 cm³/mol. The summed E-state index contributed by atoms with van der Waals surface area (Å²) in [4.78, 5) is 12.6. The van der Waals surface area contributed by atoms with Gasteiger partial charge in [-0.3, -0.25) is 9.69 Å². The lowest BCUT2D eigenvalue weighted by Crippen LogP contribution is -2.40. The summed E-state index contributed by atoms with van der Waals surface area (Å²) < 4.78 is 5.16. The number of rotatable bonds is 4. The minimum atomic E-state index is -0.923. The summed E-state index contributed by atoms with van der Waals surface area (Å²) in [6.07, 6.45) is 0.509. The maximum absolute atomic E-state index is 10.4. The SMILES string of the molecule is NC(CCN1CCOCC1)C(=O)O. The van der Waals surface area contributed by atoms with E-state index in [1.54, 1.807) is 0 Å². The van der Waals surface area contributed by atoms with Gasteiger partial charge in [-0.1, -0.05) is 0 Å². The molecule has 5 nitrogen and oxygen atoms in total. The minimum Gasteiger partial charge on any atom is -0.480 e. The Morgan fingerprint density at radius 3 is 2.69 bits per heavy atom. The molecular weight excluding hydrogens is 172 g/mol. The van der Waals surface area contributed by atoms with Crippen LogP contribution in [-0.4, -0.2) is 54.9 Å². The molecule has 5 heteroatoms. The van der Waals surface area contributed by atoms with E-state index in [1.807, 2.05) is 0 Å². The second-order valence-corrected chi connectivity index (χ2v) is 3.19. The normalized spacial score (nSPS) is 21.3. The fourth-order valence-electron chi connectivity index (χ4n) is 1.27. The van der Waals surface area contributed by atoms with E-state index in [-0.39, 0.29) is 0 Å². The Labute approximate surface area is 77.5 Å². The monoisotopic (exact) mass is 188 g/mol. The van der Waals surface area contributed by atoms with Crippen molar-refractivity contribution in [2.45, 2.75) is 12.5 Å². The van der Waals surface area contributed by atoms with Crippen molar-refractivity contribution in [3.8, 4) is 0 Å². The third-order valence-corrected chi connectivity index (χ3v) is 2.18. The Morgan fingerprint density at radius 2 is 2.15 bits per heavy atom. The molecule has 0 amide bonds. The summed E-state index contributed by atoms with van der Waals surface area (Å²) >= 11 is 0. The van der Waals surface area contributed by atoms with Crippen LogP contribution >= 0.6 is 0 Å². The van der Waals surface area contributed by atoms with E-state index in [0.29, 0.717) is 6.42 Å². The molecule has 1 heterocycles. The summed E-state index contributed by atoms with van der Waals surface area (Å²) in [6.45, 7) is 3.99. The molecule has 1 rings (SSSR count). The summed E-state index contributed by atoms with van der Waals surface area (Å²) in [5, 5.41) is 8.54. The molecule has 0 bridgehead atoms. The highest BCUT2D eigenvalue weighted by Crippen LogP contribution is 1.99. The zero-order valence-corrected chi connectivity index (χ0v) is 7.61. The number of hydrogen-bond donors (Lipinski definition) is 2. The predicted octanol–water partition coefficient (Wildman–Crippen LogP) is -0.879. The van der Waals surface area contributed by atoms with Gasteiger partial charge >= 0.3 is 5.97 Å². The van der Waals surface area contributed by atoms with Crippen molar-refractivity contribution in [2.75, 3.05) is 32.8 Å². The molecule has 0 saturated carbocycles. The van der Waals surface area contributed by atoms with Gasteiger partial charge in [0.25, 0.3) is 0 Å². The van der Waals surface area contributed by atoms with Crippen LogP contribution in [0.4, 0.5) is 0 Å². The smallest absolute Gasteiger partial charge is 0.320 e.